The monoisotopic (exact) mass is 196 g/mol. The van der Waals surface area contributed by atoms with E-state index in [1.54, 1.807) is 6.08 Å². The van der Waals surface area contributed by atoms with Crippen molar-refractivity contribution in [1.29, 1.82) is 0 Å². The van der Waals surface area contributed by atoms with Gasteiger partial charge in [-0.05, 0) is 13.0 Å². The molecule has 0 aliphatic heterocycles. The van der Waals surface area contributed by atoms with Gasteiger partial charge in [-0.25, -0.2) is 9.37 Å². The van der Waals surface area contributed by atoms with Crippen LogP contribution >= 0.6 is 0 Å². The lowest BCUT2D eigenvalue weighted by Gasteiger charge is -2.05. The SMILES string of the molecule is C/C=C/COc1nccc(CN)c1F. The van der Waals surface area contributed by atoms with Crippen LogP contribution in [0.25, 0.3) is 0 Å². The van der Waals surface area contributed by atoms with Crippen LogP contribution in [0.2, 0.25) is 0 Å². The number of allylic oxidation sites excluding steroid dienone is 1. The van der Waals surface area contributed by atoms with Crippen LogP contribution in [0.4, 0.5) is 4.39 Å². The maximum Gasteiger partial charge on any atom is 0.251 e. The molecule has 0 saturated carbocycles. The van der Waals surface area contributed by atoms with Gasteiger partial charge < -0.3 is 10.5 Å². The zero-order valence-electron chi connectivity index (χ0n) is 8.03. The number of ether oxygens (including phenoxy) is 1. The second kappa shape index (κ2) is 5.34. The quantitative estimate of drug-likeness (QED) is 0.744. The van der Waals surface area contributed by atoms with Gasteiger partial charge in [-0.3, -0.25) is 0 Å². The van der Waals surface area contributed by atoms with Gasteiger partial charge in [-0.2, -0.15) is 0 Å². The molecule has 0 bridgehead atoms. The van der Waals surface area contributed by atoms with Gasteiger partial charge in [0.2, 0.25) is 0 Å². The average Bonchev–Trinajstić information content (AvgIpc) is 2.21. The highest BCUT2D eigenvalue weighted by molar-refractivity contribution is 5.23. The van der Waals surface area contributed by atoms with Crippen LogP contribution in [0.5, 0.6) is 5.88 Å². The highest BCUT2D eigenvalue weighted by atomic mass is 19.1. The molecule has 0 aliphatic carbocycles. The van der Waals surface area contributed by atoms with Gasteiger partial charge in [0.1, 0.15) is 6.61 Å². The smallest absolute Gasteiger partial charge is 0.251 e. The summed E-state index contributed by atoms with van der Waals surface area (Å²) in [6.07, 6.45) is 5.08. The number of pyridine rings is 1. The molecule has 1 aromatic heterocycles. The highest BCUT2D eigenvalue weighted by Crippen LogP contribution is 2.16. The van der Waals surface area contributed by atoms with Crippen molar-refractivity contribution in [3.05, 3.63) is 35.8 Å². The molecule has 0 amide bonds. The molecule has 0 atom stereocenters. The lowest BCUT2D eigenvalue weighted by atomic mass is 10.2. The molecule has 4 heteroatoms. The molecule has 1 aromatic rings. The predicted molar refractivity (Wildman–Crippen MR) is 52.4 cm³/mol. The third-order valence-corrected chi connectivity index (χ3v) is 1.71. The van der Waals surface area contributed by atoms with Crippen LogP contribution < -0.4 is 10.5 Å². The summed E-state index contributed by atoms with van der Waals surface area (Å²) in [6.45, 7) is 2.33. The zero-order valence-corrected chi connectivity index (χ0v) is 8.03. The fourth-order valence-corrected chi connectivity index (χ4v) is 0.944. The predicted octanol–water partition coefficient (Wildman–Crippen LogP) is 1.63. The third kappa shape index (κ3) is 2.53. The largest absolute Gasteiger partial charge is 0.471 e. The van der Waals surface area contributed by atoms with Crippen LogP contribution in [0.1, 0.15) is 12.5 Å². The van der Waals surface area contributed by atoms with Crippen LogP contribution in [-0.2, 0) is 6.54 Å². The molecule has 1 heterocycles. The van der Waals surface area contributed by atoms with Crippen LogP contribution in [-0.4, -0.2) is 11.6 Å². The third-order valence-electron chi connectivity index (χ3n) is 1.71. The van der Waals surface area contributed by atoms with E-state index in [2.05, 4.69) is 4.98 Å². The molecule has 3 nitrogen and oxygen atoms in total. The Morgan fingerprint density at radius 3 is 3.07 bits per heavy atom. The van der Waals surface area contributed by atoms with Crippen molar-refractivity contribution in [2.24, 2.45) is 5.73 Å². The number of halogens is 1. The number of nitrogens with two attached hydrogens (primary N) is 1. The van der Waals surface area contributed by atoms with Crippen molar-refractivity contribution in [3.63, 3.8) is 0 Å². The van der Waals surface area contributed by atoms with Crippen LogP contribution in [0.3, 0.4) is 0 Å². The summed E-state index contributed by atoms with van der Waals surface area (Å²) in [5.74, 6) is -0.467. The molecule has 0 saturated heterocycles. The minimum Gasteiger partial charge on any atom is -0.471 e. The van der Waals surface area contributed by atoms with Gasteiger partial charge in [0.15, 0.2) is 5.82 Å². The number of nitrogens with zero attached hydrogens (tertiary/aromatic N) is 1. The Morgan fingerprint density at radius 1 is 1.64 bits per heavy atom. The Bertz CT molecular complexity index is 326. The first-order valence-corrected chi connectivity index (χ1v) is 4.37. The molecule has 1 rings (SSSR count). The normalized spacial score (nSPS) is 10.8. The molecule has 0 unspecified atom stereocenters. The summed E-state index contributed by atoms with van der Waals surface area (Å²) in [5.41, 5.74) is 5.75. The summed E-state index contributed by atoms with van der Waals surface area (Å²) in [4.78, 5) is 3.77. The molecule has 0 aromatic carbocycles. The highest BCUT2D eigenvalue weighted by Gasteiger charge is 2.08. The van der Waals surface area contributed by atoms with Crippen LogP contribution in [0, 0.1) is 5.82 Å². The molecule has 14 heavy (non-hydrogen) atoms. The summed E-state index contributed by atoms with van der Waals surface area (Å²) < 4.78 is 18.5. The average molecular weight is 196 g/mol. The van der Waals surface area contributed by atoms with Gasteiger partial charge >= 0.3 is 0 Å². The Hall–Kier alpha value is -1.42. The fraction of sp³-hybridized carbons (Fsp3) is 0.300. The summed E-state index contributed by atoms with van der Waals surface area (Å²) in [6, 6.07) is 1.54. The summed E-state index contributed by atoms with van der Waals surface area (Å²) in [7, 11) is 0. The van der Waals surface area contributed by atoms with E-state index in [9.17, 15) is 4.39 Å². The molecular formula is C10H13FN2O. The van der Waals surface area contributed by atoms with Gasteiger partial charge in [0.25, 0.3) is 5.88 Å². The molecule has 0 fully saturated rings. The Morgan fingerprint density at radius 2 is 2.43 bits per heavy atom. The molecule has 0 spiro atoms. The van der Waals surface area contributed by atoms with E-state index in [0.29, 0.717) is 12.2 Å². The molecule has 0 aliphatic rings. The number of aromatic nitrogens is 1. The standard InChI is InChI=1S/C10H13FN2O/c1-2-3-6-14-10-9(11)8(7-12)4-5-13-10/h2-5H,6-7,12H2,1H3/b3-2+. The Labute approximate surface area is 82.4 Å². The van der Waals surface area contributed by atoms with Gasteiger partial charge in [0, 0.05) is 18.3 Å². The molecule has 0 radical (unpaired) electrons. The maximum atomic E-state index is 13.4. The van der Waals surface area contributed by atoms with Crippen molar-refractivity contribution >= 4 is 0 Å². The Kier molecular flexibility index (Phi) is 4.07. The van der Waals surface area contributed by atoms with Crippen molar-refractivity contribution in [2.45, 2.75) is 13.5 Å². The number of hydrogen-bond donors (Lipinski definition) is 1. The van der Waals surface area contributed by atoms with Gasteiger partial charge in [-0.15, -0.1) is 0 Å². The van der Waals surface area contributed by atoms with Crippen LogP contribution in [0.15, 0.2) is 24.4 Å². The molecule has 76 valence electrons. The van der Waals surface area contributed by atoms with E-state index in [1.807, 2.05) is 13.0 Å². The fourth-order valence-electron chi connectivity index (χ4n) is 0.944. The topological polar surface area (TPSA) is 48.1 Å². The lowest BCUT2D eigenvalue weighted by Crippen LogP contribution is -2.04. The maximum absolute atomic E-state index is 13.4. The number of hydrogen-bond acceptors (Lipinski definition) is 3. The van der Waals surface area contributed by atoms with Crippen molar-refractivity contribution < 1.29 is 9.13 Å². The molecular weight excluding hydrogens is 183 g/mol. The first-order chi connectivity index (χ1) is 6.79. The van der Waals surface area contributed by atoms with Crippen molar-refractivity contribution in [1.82, 2.24) is 4.98 Å². The van der Waals surface area contributed by atoms with Gasteiger partial charge in [-0.1, -0.05) is 12.2 Å². The van der Waals surface area contributed by atoms with Gasteiger partial charge in [0.05, 0.1) is 0 Å². The Balaban J connectivity index is 2.76. The second-order valence-corrected chi connectivity index (χ2v) is 2.67. The van der Waals surface area contributed by atoms with E-state index in [0.717, 1.165) is 0 Å². The summed E-state index contributed by atoms with van der Waals surface area (Å²) in [5, 5.41) is 0. The second-order valence-electron chi connectivity index (χ2n) is 2.67. The lowest BCUT2D eigenvalue weighted by molar-refractivity contribution is 0.324. The van der Waals surface area contributed by atoms with E-state index >= 15 is 0 Å². The van der Waals surface area contributed by atoms with E-state index in [1.165, 1.54) is 12.3 Å². The van der Waals surface area contributed by atoms with E-state index in [4.69, 9.17) is 10.5 Å². The summed E-state index contributed by atoms with van der Waals surface area (Å²) >= 11 is 0. The minimum atomic E-state index is -0.473. The van der Waals surface area contributed by atoms with E-state index < -0.39 is 5.82 Å². The zero-order chi connectivity index (χ0) is 10.4. The van der Waals surface area contributed by atoms with E-state index in [-0.39, 0.29) is 12.4 Å². The molecule has 2 N–H and O–H groups in total. The number of rotatable bonds is 4. The van der Waals surface area contributed by atoms with Crippen molar-refractivity contribution in [2.75, 3.05) is 6.61 Å². The first-order valence-electron chi connectivity index (χ1n) is 4.37. The van der Waals surface area contributed by atoms with Crippen molar-refractivity contribution in [3.8, 4) is 5.88 Å². The first kappa shape index (κ1) is 10.7. The minimum absolute atomic E-state index is 0.00560.